The highest BCUT2D eigenvalue weighted by molar-refractivity contribution is 6.30. The zero-order valence-corrected chi connectivity index (χ0v) is 20.4. The number of aromatic nitrogens is 5. The Morgan fingerprint density at radius 1 is 0.972 bits per heavy atom. The Bertz CT molecular complexity index is 1530. The average molecular weight is 500 g/mol. The van der Waals surface area contributed by atoms with Gasteiger partial charge in [0.2, 0.25) is 5.82 Å². The summed E-state index contributed by atoms with van der Waals surface area (Å²) in [4.78, 5) is 30.2. The zero-order valence-electron chi connectivity index (χ0n) is 19.6. The Morgan fingerprint density at radius 3 is 2.56 bits per heavy atom. The van der Waals surface area contributed by atoms with Crippen molar-refractivity contribution in [2.75, 3.05) is 5.32 Å². The van der Waals surface area contributed by atoms with Crippen LogP contribution < -0.4 is 10.6 Å². The number of nitrogens with zero attached hydrogens (tertiary/aromatic N) is 5. The topological polar surface area (TPSA) is 119 Å². The molecule has 1 amide bonds. The van der Waals surface area contributed by atoms with Crippen LogP contribution in [-0.4, -0.2) is 31.0 Å². The lowest BCUT2D eigenvalue weighted by atomic mass is 10.0. The first kappa shape index (κ1) is 23.4. The van der Waals surface area contributed by atoms with Crippen molar-refractivity contribution in [3.8, 4) is 11.1 Å². The van der Waals surface area contributed by atoms with Gasteiger partial charge in [-0.05, 0) is 60.9 Å². The molecule has 10 heteroatoms. The predicted octanol–water partition coefficient (Wildman–Crippen LogP) is 4.89. The molecule has 0 radical (unpaired) electrons. The van der Waals surface area contributed by atoms with Crippen LogP contribution in [0.5, 0.6) is 0 Å². The van der Waals surface area contributed by atoms with Crippen LogP contribution in [-0.2, 0) is 13.1 Å². The standard InChI is InChI=1S/C26H22ClN7O2/c1-15-23(16(2)36-34-15)19-3-4-22-21(10-19)24(30-13-18-9-20(27)14-29-11-18)33-25(32-22)26(35)31-12-17-5-7-28-8-6-17/h3-11,14H,12-13H2,1-2H3,(H,31,35)(H,30,32,33). The molecule has 0 fully saturated rings. The quantitative estimate of drug-likeness (QED) is 0.325. The van der Waals surface area contributed by atoms with E-state index in [1.54, 1.807) is 24.8 Å². The third kappa shape index (κ3) is 5.01. The first-order chi connectivity index (χ1) is 17.5. The van der Waals surface area contributed by atoms with Gasteiger partial charge in [-0.25, -0.2) is 9.97 Å². The Balaban J connectivity index is 1.51. The number of aryl methyl sites for hydroxylation is 2. The van der Waals surface area contributed by atoms with E-state index < -0.39 is 0 Å². The number of carbonyl (C=O) groups is 1. The molecule has 0 atom stereocenters. The summed E-state index contributed by atoms with van der Waals surface area (Å²) in [6, 6.07) is 11.3. The average Bonchev–Trinajstić information content (AvgIpc) is 3.23. The molecule has 0 saturated heterocycles. The molecule has 0 aliphatic heterocycles. The SMILES string of the molecule is Cc1noc(C)c1-c1ccc2nc(C(=O)NCc3ccncc3)nc(NCc3cncc(Cl)c3)c2c1. The molecule has 4 aromatic heterocycles. The van der Waals surface area contributed by atoms with Gasteiger partial charge in [0.15, 0.2) is 0 Å². The lowest BCUT2D eigenvalue weighted by molar-refractivity contribution is 0.0941. The van der Waals surface area contributed by atoms with Crippen LogP contribution in [0.3, 0.4) is 0 Å². The number of rotatable bonds is 7. The van der Waals surface area contributed by atoms with E-state index in [9.17, 15) is 4.79 Å². The molecule has 36 heavy (non-hydrogen) atoms. The van der Waals surface area contributed by atoms with Crippen molar-refractivity contribution in [1.82, 2.24) is 30.4 Å². The van der Waals surface area contributed by atoms with Gasteiger partial charge in [-0.2, -0.15) is 0 Å². The van der Waals surface area contributed by atoms with Crippen LogP contribution in [0.15, 0.2) is 65.7 Å². The molecular weight excluding hydrogens is 478 g/mol. The number of fused-ring (bicyclic) bond motifs is 1. The molecule has 2 N–H and O–H groups in total. The molecule has 5 aromatic rings. The number of carbonyl (C=O) groups excluding carboxylic acids is 1. The number of halogens is 1. The van der Waals surface area contributed by atoms with E-state index in [4.69, 9.17) is 16.1 Å². The second-order valence-corrected chi connectivity index (χ2v) is 8.67. The Hall–Kier alpha value is -4.37. The van der Waals surface area contributed by atoms with Crippen LogP contribution in [0, 0.1) is 13.8 Å². The van der Waals surface area contributed by atoms with E-state index in [1.807, 2.05) is 50.2 Å². The fourth-order valence-electron chi connectivity index (χ4n) is 3.92. The molecule has 1 aromatic carbocycles. The van der Waals surface area contributed by atoms with E-state index in [1.165, 1.54) is 0 Å². The fourth-order valence-corrected chi connectivity index (χ4v) is 4.11. The fraction of sp³-hybridized carbons (Fsp3) is 0.154. The first-order valence-electron chi connectivity index (χ1n) is 11.2. The maximum Gasteiger partial charge on any atom is 0.289 e. The van der Waals surface area contributed by atoms with Gasteiger partial charge in [-0.15, -0.1) is 0 Å². The van der Waals surface area contributed by atoms with Gasteiger partial charge in [0.05, 0.1) is 16.2 Å². The summed E-state index contributed by atoms with van der Waals surface area (Å²) in [6.07, 6.45) is 6.65. The summed E-state index contributed by atoms with van der Waals surface area (Å²) in [5, 5.41) is 11.6. The molecule has 0 unspecified atom stereocenters. The van der Waals surface area contributed by atoms with Crippen LogP contribution in [0.4, 0.5) is 5.82 Å². The minimum atomic E-state index is -0.379. The van der Waals surface area contributed by atoms with Gasteiger partial charge in [-0.1, -0.05) is 22.8 Å². The number of hydrogen-bond donors (Lipinski definition) is 2. The maximum absolute atomic E-state index is 12.9. The van der Waals surface area contributed by atoms with Crippen LogP contribution in [0.1, 0.15) is 33.2 Å². The third-order valence-electron chi connectivity index (χ3n) is 5.64. The predicted molar refractivity (Wildman–Crippen MR) is 136 cm³/mol. The monoisotopic (exact) mass is 499 g/mol. The van der Waals surface area contributed by atoms with Crippen molar-refractivity contribution in [1.29, 1.82) is 0 Å². The lowest BCUT2D eigenvalue weighted by Crippen LogP contribution is -2.25. The largest absolute Gasteiger partial charge is 0.365 e. The smallest absolute Gasteiger partial charge is 0.289 e. The molecule has 0 aliphatic carbocycles. The third-order valence-corrected chi connectivity index (χ3v) is 5.85. The number of hydrogen-bond acceptors (Lipinski definition) is 8. The van der Waals surface area contributed by atoms with Gasteiger partial charge in [0, 0.05) is 48.8 Å². The van der Waals surface area contributed by atoms with Gasteiger partial charge in [0.25, 0.3) is 5.91 Å². The summed E-state index contributed by atoms with van der Waals surface area (Å²) < 4.78 is 5.35. The zero-order chi connectivity index (χ0) is 25.1. The van der Waals surface area contributed by atoms with Crippen LogP contribution >= 0.6 is 11.6 Å². The number of anilines is 1. The molecule has 180 valence electrons. The van der Waals surface area contributed by atoms with Crippen molar-refractivity contribution >= 4 is 34.2 Å². The van der Waals surface area contributed by atoms with Crippen molar-refractivity contribution in [2.24, 2.45) is 0 Å². The Labute approximate surface area is 212 Å². The van der Waals surface area contributed by atoms with Crippen molar-refractivity contribution in [2.45, 2.75) is 26.9 Å². The van der Waals surface area contributed by atoms with Gasteiger partial charge in [0.1, 0.15) is 11.6 Å². The summed E-state index contributed by atoms with van der Waals surface area (Å²) >= 11 is 6.09. The van der Waals surface area contributed by atoms with E-state index in [0.29, 0.717) is 29.4 Å². The highest BCUT2D eigenvalue weighted by atomic mass is 35.5. The molecule has 0 spiro atoms. The molecular formula is C26H22ClN7O2. The molecule has 0 saturated carbocycles. The van der Waals surface area contributed by atoms with Crippen LogP contribution in [0.2, 0.25) is 5.02 Å². The molecule has 4 heterocycles. The highest BCUT2D eigenvalue weighted by Gasteiger charge is 2.17. The van der Waals surface area contributed by atoms with Crippen molar-refractivity contribution in [3.05, 3.63) is 94.6 Å². The van der Waals surface area contributed by atoms with Crippen LogP contribution in [0.25, 0.3) is 22.0 Å². The second kappa shape index (κ2) is 10.1. The van der Waals surface area contributed by atoms with Gasteiger partial charge < -0.3 is 15.2 Å². The number of nitrogens with one attached hydrogen (secondary N) is 2. The maximum atomic E-state index is 12.9. The van der Waals surface area contributed by atoms with E-state index >= 15 is 0 Å². The molecule has 0 bridgehead atoms. The van der Waals surface area contributed by atoms with Crippen molar-refractivity contribution < 1.29 is 9.32 Å². The summed E-state index contributed by atoms with van der Waals surface area (Å²) in [7, 11) is 0. The summed E-state index contributed by atoms with van der Waals surface area (Å²) in [6.45, 7) is 4.52. The lowest BCUT2D eigenvalue weighted by Gasteiger charge is -2.12. The summed E-state index contributed by atoms with van der Waals surface area (Å²) in [5.41, 5.74) is 5.06. The number of benzene rings is 1. The van der Waals surface area contributed by atoms with Gasteiger partial charge in [-0.3, -0.25) is 14.8 Å². The molecule has 9 nitrogen and oxygen atoms in total. The van der Waals surface area contributed by atoms with Gasteiger partial charge >= 0.3 is 0 Å². The Kier molecular flexibility index (Phi) is 6.55. The van der Waals surface area contributed by atoms with Crippen molar-refractivity contribution in [3.63, 3.8) is 0 Å². The number of pyridine rings is 2. The number of amides is 1. The first-order valence-corrected chi connectivity index (χ1v) is 11.6. The summed E-state index contributed by atoms with van der Waals surface area (Å²) in [5.74, 6) is 0.923. The minimum absolute atomic E-state index is 0.0633. The van der Waals surface area contributed by atoms with E-state index in [-0.39, 0.29) is 11.7 Å². The second-order valence-electron chi connectivity index (χ2n) is 8.23. The van der Waals surface area contributed by atoms with E-state index in [0.717, 1.165) is 39.1 Å². The molecule has 5 rings (SSSR count). The minimum Gasteiger partial charge on any atom is -0.365 e. The highest BCUT2D eigenvalue weighted by Crippen LogP contribution is 2.31. The van der Waals surface area contributed by atoms with E-state index in [2.05, 4.69) is 35.7 Å². The normalized spacial score (nSPS) is 11.0. The molecule has 0 aliphatic rings. The Morgan fingerprint density at radius 2 is 1.81 bits per heavy atom.